The molecule has 0 unspecified atom stereocenters. The molecule has 0 atom stereocenters. The molecular weight excluding hydrogens is 1810 g/mol. The molecule has 0 radical (unpaired) electrons. The lowest BCUT2D eigenvalue weighted by molar-refractivity contribution is 1.20. The van der Waals surface area contributed by atoms with Crippen LogP contribution < -0.4 is 0 Å². The molecule has 6 heterocycles. The average Bonchev–Trinajstić information content (AvgIpc) is 1.46. The molecule has 0 spiro atoms. The molecule has 0 bridgehead atoms. The Morgan fingerprint density at radius 1 is 0.133 bits per heavy atom. The summed E-state index contributed by atoms with van der Waals surface area (Å²) in [7, 11) is 0. The van der Waals surface area contributed by atoms with Gasteiger partial charge in [0.25, 0.3) is 0 Å². The summed E-state index contributed by atoms with van der Waals surface area (Å²) in [5.41, 5.74) is 33.5. The zero-order valence-corrected chi connectivity index (χ0v) is 81.0. The third-order valence-electron chi connectivity index (χ3n) is 33.0. The number of hydrogen-bond acceptors (Lipinski definition) is 4. The first-order chi connectivity index (χ1) is 74.4. The molecule has 0 saturated heterocycles. The van der Waals surface area contributed by atoms with Crippen LogP contribution in [0.4, 0.5) is 0 Å². The maximum absolute atomic E-state index is 5.24. The van der Waals surface area contributed by atoms with E-state index in [1.807, 2.05) is 12.4 Å². The van der Waals surface area contributed by atoms with E-state index in [9.17, 15) is 0 Å². The molecule has 35 rings (SSSR count). The quantitative estimate of drug-likeness (QED) is 0.156. The molecule has 150 heavy (non-hydrogen) atoms. The number of aromatic nitrogens is 6. The number of benzene rings is 26. The summed E-state index contributed by atoms with van der Waals surface area (Å²) in [6, 6.07) is 178. The van der Waals surface area contributed by atoms with E-state index < -0.39 is 0 Å². The summed E-state index contributed by atoms with van der Waals surface area (Å²) < 4.78 is 5.00. The van der Waals surface area contributed by atoms with E-state index in [1.54, 1.807) is 0 Å². The standard InChI is InChI=1S/C52H30N2.2C46H26N2/c1-2-16-33-32(15-1)43-29-51(54-48-25-9-5-19-36(48)37-20-6-10-26-49(37)54)45-28-41-39-22-12-14-31-13-11-21-38(52(31)39)40(41)27-42(45)44(43)30-50(33)53-46-23-7-3-17-34(46)35-18-4-8-24-47(35)53;1-5-17-42-27(9-1)19-21-44(47-42)40-26-38-34(30-13-3-4-14-31(30)40)25-41(45-22-20-28-10-2-6-18-43(28)48-45)39-24-36-33-16-8-12-29-11-7-15-32(46(29)33)35(36)23-37(38)39;1-3-13-30-27(9-1)19-21-47-45(30)42-26-40-36(32-15-5-6-16-33(32)42)25-43(46-31-14-4-2-10-28(31)20-22-48-46)41-24-38-35-18-8-12-29-11-7-17-34(44(29)35)37(38)23-39(40)41/h1-30H;2*1-26H. The fourth-order valence-electron chi connectivity index (χ4n) is 26.5. The third kappa shape index (κ3) is 12.0. The molecule has 6 aromatic heterocycles. The fourth-order valence-corrected chi connectivity index (χ4v) is 26.5. The first-order valence-electron chi connectivity index (χ1n) is 51.8. The number of fused-ring (bicyclic) bond motifs is 34. The smallest absolute Gasteiger partial charge is 0.0786 e. The molecule has 688 valence electrons. The predicted octanol–water partition coefficient (Wildman–Crippen LogP) is 38.9. The number of rotatable bonds is 6. The van der Waals surface area contributed by atoms with Crippen molar-refractivity contribution in [1.29, 1.82) is 0 Å². The summed E-state index contributed by atoms with van der Waals surface area (Å²) in [4.78, 5) is 20.5. The van der Waals surface area contributed by atoms with Gasteiger partial charge in [-0.2, -0.15) is 0 Å². The minimum atomic E-state index is 0.985. The predicted molar refractivity (Wildman–Crippen MR) is 634 cm³/mol. The van der Waals surface area contributed by atoms with Gasteiger partial charge in [0.2, 0.25) is 0 Å². The monoisotopic (exact) mass is 1890 g/mol. The Bertz CT molecular complexity index is 11600. The van der Waals surface area contributed by atoms with Gasteiger partial charge in [0.1, 0.15) is 0 Å². The van der Waals surface area contributed by atoms with E-state index in [1.165, 1.54) is 262 Å². The minimum absolute atomic E-state index is 0.985. The van der Waals surface area contributed by atoms with Gasteiger partial charge < -0.3 is 9.13 Å². The van der Waals surface area contributed by atoms with E-state index >= 15 is 0 Å². The van der Waals surface area contributed by atoms with Crippen LogP contribution in [0.1, 0.15) is 0 Å². The molecule has 6 nitrogen and oxygen atoms in total. The van der Waals surface area contributed by atoms with Crippen LogP contribution in [0.3, 0.4) is 0 Å². The van der Waals surface area contributed by atoms with Gasteiger partial charge in [-0.3, -0.25) is 9.97 Å². The number of para-hydroxylation sites is 6. The topological polar surface area (TPSA) is 61.4 Å². The van der Waals surface area contributed by atoms with E-state index in [4.69, 9.17) is 19.9 Å². The van der Waals surface area contributed by atoms with E-state index in [-0.39, 0.29) is 0 Å². The molecular formula is C144H82N6. The summed E-state index contributed by atoms with van der Waals surface area (Å²) >= 11 is 0. The second-order valence-electron chi connectivity index (χ2n) is 40.6. The van der Waals surface area contributed by atoms with Crippen LogP contribution in [-0.4, -0.2) is 29.1 Å². The van der Waals surface area contributed by atoms with Crippen LogP contribution in [0.2, 0.25) is 0 Å². The van der Waals surface area contributed by atoms with Crippen molar-refractivity contribution < 1.29 is 0 Å². The molecule has 0 N–H and O–H groups in total. The van der Waals surface area contributed by atoms with Crippen LogP contribution in [0, 0.1) is 0 Å². The van der Waals surface area contributed by atoms with E-state index in [0.29, 0.717) is 0 Å². The third-order valence-corrected chi connectivity index (χ3v) is 33.0. The maximum atomic E-state index is 5.24. The largest absolute Gasteiger partial charge is 0.309 e. The maximum Gasteiger partial charge on any atom is 0.0786 e. The highest BCUT2D eigenvalue weighted by Gasteiger charge is 2.32. The first kappa shape index (κ1) is 82.5. The zero-order chi connectivity index (χ0) is 97.8. The summed E-state index contributed by atoms with van der Waals surface area (Å²) in [6.45, 7) is 0. The van der Waals surface area contributed by atoms with Gasteiger partial charge in [0, 0.05) is 88.5 Å². The van der Waals surface area contributed by atoms with Gasteiger partial charge in [-0.05, 0) is 329 Å². The second-order valence-corrected chi connectivity index (χ2v) is 40.6. The zero-order valence-electron chi connectivity index (χ0n) is 81.0. The molecule has 0 aliphatic heterocycles. The molecule has 3 aliphatic carbocycles. The lowest BCUT2D eigenvalue weighted by atomic mass is 9.86. The molecule has 0 amide bonds. The van der Waals surface area contributed by atoms with Crippen molar-refractivity contribution in [3.63, 3.8) is 0 Å². The van der Waals surface area contributed by atoms with Gasteiger partial charge >= 0.3 is 0 Å². The van der Waals surface area contributed by atoms with Crippen molar-refractivity contribution in [1.82, 2.24) is 29.1 Å². The van der Waals surface area contributed by atoms with Crippen LogP contribution in [0.5, 0.6) is 0 Å². The number of pyridine rings is 4. The Labute approximate surface area is 859 Å². The van der Waals surface area contributed by atoms with Crippen molar-refractivity contribution in [3.05, 3.63) is 498 Å². The molecule has 3 aliphatic rings. The highest BCUT2D eigenvalue weighted by Crippen LogP contribution is 2.58. The average molecular weight is 1900 g/mol. The lowest BCUT2D eigenvalue weighted by Crippen LogP contribution is -1.99. The van der Waals surface area contributed by atoms with Crippen LogP contribution in [-0.2, 0) is 0 Å². The Hall–Kier alpha value is -19.9. The summed E-state index contributed by atoms with van der Waals surface area (Å²) in [6.07, 6.45) is 3.89. The Kier molecular flexibility index (Phi) is 17.5. The second kappa shape index (κ2) is 31.8. The minimum Gasteiger partial charge on any atom is -0.309 e. The van der Waals surface area contributed by atoms with Crippen LogP contribution in [0.15, 0.2) is 498 Å². The molecule has 0 fully saturated rings. The van der Waals surface area contributed by atoms with Gasteiger partial charge in [-0.1, -0.05) is 352 Å². The summed E-state index contributed by atoms with van der Waals surface area (Å²) in [5, 5.41) is 42.1. The Balaban J connectivity index is 0.0000000977. The van der Waals surface area contributed by atoms with Crippen molar-refractivity contribution in [2.45, 2.75) is 0 Å². The number of nitrogens with zero attached hydrogens (tertiary/aromatic N) is 6. The fraction of sp³-hybridized carbons (Fsp3) is 0. The lowest BCUT2D eigenvalue weighted by Gasteiger charge is -2.19. The normalized spacial score (nSPS) is 12.3. The van der Waals surface area contributed by atoms with E-state index in [0.717, 1.165) is 77.6 Å². The van der Waals surface area contributed by atoms with Crippen molar-refractivity contribution in [3.8, 4) is 123 Å². The highest BCUT2D eigenvalue weighted by molar-refractivity contribution is 6.33. The van der Waals surface area contributed by atoms with Crippen molar-refractivity contribution in [2.24, 2.45) is 0 Å². The van der Waals surface area contributed by atoms with Gasteiger partial charge in [-0.25, -0.2) is 9.97 Å². The Morgan fingerprint density at radius 2 is 0.380 bits per heavy atom. The van der Waals surface area contributed by atoms with Crippen molar-refractivity contribution >= 4 is 216 Å². The highest BCUT2D eigenvalue weighted by atomic mass is 15.0. The van der Waals surface area contributed by atoms with Crippen LogP contribution in [0.25, 0.3) is 339 Å². The molecule has 26 aromatic carbocycles. The Morgan fingerprint density at radius 3 is 0.787 bits per heavy atom. The molecule has 32 aromatic rings. The van der Waals surface area contributed by atoms with Crippen molar-refractivity contribution in [2.75, 3.05) is 0 Å². The van der Waals surface area contributed by atoms with Gasteiger partial charge in [0.15, 0.2) is 0 Å². The first-order valence-corrected chi connectivity index (χ1v) is 51.8. The number of hydrogen-bond donors (Lipinski definition) is 0. The van der Waals surface area contributed by atoms with Crippen LogP contribution >= 0.6 is 0 Å². The van der Waals surface area contributed by atoms with E-state index in [2.05, 4.69) is 494 Å². The van der Waals surface area contributed by atoms with Gasteiger partial charge in [0.05, 0.1) is 67.3 Å². The summed E-state index contributed by atoms with van der Waals surface area (Å²) in [5.74, 6) is 0. The SMILES string of the molecule is c1cc2c3c(cccc3c1)-c1cc3c(cc1-2)c(-n1c2ccccc2c2ccccc21)cc1c2ccccc2c(-n2c4ccccc4c4ccccc42)cc31.c1ccc2c(-c3cc4c5cc6c(cc5c(-c5nccc7ccccc57)cc4c4ccccc34)-c3cccc4cccc-6c34)nccc2c1.c1ccc2nc(-c3cc4c5cc6c(cc5c(-c5ccc7ccccc7n5)cc4c4ccccc34)-c3cccc4cccc-6c34)ccc2c1. The molecule has 0 saturated carbocycles. The molecule has 6 heteroatoms. The van der Waals surface area contributed by atoms with Gasteiger partial charge in [-0.15, -0.1) is 0 Å².